The Labute approximate surface area is 134 Å². The molecule has 0 unspecified atom stereocenters. The molecule has 0 bridgehead atoms. The molecule has 0 aliphatic heterocycles. The van der Waals surface area contributed by atoms with Crippen LogP contribution in [0.4, 0.5) is 10.6 Å². The summed E-state index contributed by atoms with van der Waals surface area (Å²) < 4.78 is 10.4. The summed E-state index contributed by atoms with van der Waals surface area (Å²) in [4.78, 5) is 11.6. The molecule has 0 radical (unpaired) electrons. The summed E-state index contributed by atoms with van der Waals surface area (Å²) in [6, 6.07) is 10.9. The smallest absolute Gasteiger partial charge is 0.320 e. The molecule has 0 spiro atoms. The average Bonchev–Trinajstić information content (AvgIpc) is 2.96. The van der Waals surface area contributed by atoms with Crippen LogP contribution < -0.4 is 10.6 Å². The second-order valence-corrected chi connectivity index (χ2v) is 5.20. The van der Waals surface area contributed by atoms with Gasteiger partial charge in [0, 0.05) is 12.6 Å². The largest absolute Gasteiger partial charge is 0.389 e. The third-order valence-electron chi connectivity index (χ3n) is 3.18. The highest BCUT2D eigenvalue weighted by Gasteiger charge is 2.12. The summed E-state index contributed by atoms with van der Waals surface area (Å²) in [6.45, 7) is 3.84. The first-order valence-corrected chi connectivity index (χ1v) is 7.37. The van der Waals surface area contributed by atoms with Crippen molar-refractivity contribution in [1.82, 2.24) is 10.5 Å². The van der Waals surface area contributed by atoms with E-state index in [0.29, 0.717) is 11.6 Å². The molecule has 0 aliphatic carbocycles. The van der Waals surface area contributed by atoms with E-state index < -0.39 is 12.1 Å². The summed E-state index contributed by atoms with van der Waals surface area (Å²) in [5.41, 5.74) is 1.03. The number of aliphatic hydroxyl groups excluding tert-OH is 1. The molecule has 2 aromatic rings. The SMILES string of the molecule is Cc1cc(NC(=O)NC[C@@H](O)CO[C@H](C)c2ccccc2)no1. The summed E-state index contributed by atoms with van der Waals surface area (Å²) >= 11 is 0. The van der Waals surface area contributed by atoms with Gasteiger partial charge in [-0.05, 0) is 19.4 Å². The van der Waals surface area contributed by atoms with Crippen LogP contribution in [0.25, 0.3) is 0 Å². The molecule has 2 amide bonds. The van der Waals surface area contributed by atoms with Crippen LogP contribution in [0.1, 0.15) is 24.4 Å². The van der Waals surface area contributed by atoms with Crippen LogP contribution in [-0.2, 0) is 4.74 Å². The molecular weight excluding hydrogens is 298 g/mol. The zero-order valence-corrected chi connectivity index (χ0v) is 13.2. The van der Waals surface area contributed by atoms with Gasteiger partial charge in [0.05, 0.1) is 18.8 Å². The van der Waals surface area contributed by atoms with Gasteiger partial charge in [0.15, 0.2) is 5.82 Å². The van der Waals surface area contributed by atoms with Crippen molar-refractivity contribution in [3.63, 3.8) is 0 Å². The zero-order chi connectivity index (χ0) is 16.7. The Kier molecular flexibility index (Phi) is 6.13. The third-order valence-corrected chi connectivity index (χ3v) is 3.18. The van der Waals surface area contributed by atoms with E-state index in [4.69, 9.17) is 9.26 Å². The van der Waals surface area contributed by atoms with Crippen LogP contribution >= 0.6 is 0 Å². The topological polar surface area (TPSA) is 96.6 Å². The van der Waals surface area contributed by atoms with Crippen molar-refractivity contribution < 1.29 is 19.2 Å². The number of nitrogens with zero attached hydrogens (tertiary/aromatic N) is 1. The maximum absolute atomic E-state index is 11.6. The number of aliphatic hydroxyl groups is 1. The lowest BCUT2D eigenvalue weighted by Gasteiger charge is -2.17. The third kappa shape index (κ3) is 5.72. The molecule has 23 heavy (non-hydrogen) atoms. The van der Waals surface area contributed by atoms with E-state index in [2.05, 4.69) is 15.8 Å². The molecule has 2 atom stereocenters. The Balaban J connectivity index is 1.66. The number of hydrogen-bond donors (Lipinski definition) is 3. The normalized spacial score (nSPS) is 13.3. The molecule has 0 fully saturated rings. The van der Waals surface area contributed by atoms with Gasteiger partial charge >= 0.3 is 6.03 Å². The van der Waals surface area contributed by atoms with Crippen LogP contribution in [0.5, 0.6) is 0 Å². The fourth-order valence-corrected chi connectivity index (χ4v) is 1.93. The molecule has 0 saturated carbocycles. The van der Waals surface area contributed by atoms with E-state index in [1.807, 2.05) is 37.3 Å². The van der Waals surface area contributed by atoms with Gasteiger partial charge in [0.2, 0.25) is 0 Å². The number of carbonyl (C=O) groups excluding carboxylic acids is 1. The van der Waals surface area contributed by atoms with Crippen LogP contribution in [0.15, 0.2) is 40.9 Å². The number of ether oxygens (including phenoxy) is 1. The lowest BCUT2D eigenvalue weighted by molar-refractivity contribution is -0.000954. The van der Waals surface area contributed by atoms with Crippen LogP contribution in [-0.4, -0.2) is 35.5 Å². The molecule has 7 heteroatoms. The molecule has 3 N–H and O–H groups in total. The van der Waals surface area contributed by atoms with Crippen molar-refractivity contribution in [2.24, 2.45) is 0 Å². The molecule has 1 aromatic heterocycles. The number of urea groups is 1. The minimum atomic E-state index is -0.800. The minimum absolute atomic E-state index is 0.0736. The molecular formula is C16H21N3O4. The number of aromatic nitrogens is 1. The quantitative estimate of drug-likeness (QED) is 0.727. The number of carbonyl (C=O) groups is 1. The fourth-order valence-electron chi connectivity index (χ4n) is 1.93. The van der Waals surface area contributed by atoms with Crippen LogP contribution in [0, 0.1) is 6.92 Å². The van der Waals surface area contributed by atoms with Crippen molar-refractivity contribution in [2.45, 2.75) is 26.1 Å². The number of anilines is 1. The van der Waals surface area contributed by atoms with E-state index >= 15 is 0 Å². The number of hydrogen-bond acceptors (Lipinski definition) is 5. The average molecular weight is 319 g/mol. The Hall–Kier alpha value is -2.38. The second-order valence-electron chi connectivity index (χ2n) is 5.20. The maximum Gasteiger partial charge on any atom is 0.320 e. The number of amides is 2. The first kappa shape index (κ1) is 17.0. The summed E-state index contributed by atoms with van der Waals surface area (Å²) in [7, 11) is 0. The van der Waals surface area contributed by atoms with Crippen molar-refractivity contribution >= 4 is 11.8 Å². The van der Waals surface area contributed by atoms with Gasteiger partial charge in [0.1, 0.15) is 5.76 Å². The van der Waals surface area contributed by atoms with E-state index in [1.54, 1.807) is 13.0 Å². The van der Waals surface area contributed by atoms with Gasteiger partial charge in [-0.15, -0.1) is 0 Å². The molecule has 1 aromatic carbocycles. The summed E-state index contributed by atoms with van der Waals surface area (Å²) in [6.07, 6.45) is -0.927. The van der Waals surface area contributed by atoms with E-state index in [9.17, 15) is 9.90 Å². The summed E-state index contributed by atoms with van der Waals surface area (Å²) in [5.74, 6) is 0.923. The maximum atomic E-state index is 11.6. The molecule has 1 heterocycles. The lowest BCUT2D eigenvalue weighted by atomic mass is 10.1. The van der Waals surface area contributed by atoms with Crippen LogP contribution in [0.2, 0.25) is 0 Å². The fraction of sp³-hybridized carbons (Fsp3) is 0.375. The van der Waals surface area contributed by atoms with E-state index in [-0.39, 0.29) is 19.3 Å². The standard InChI is InChI=1S/C16H21N3O4/c1-11-8-15(19-23-11)18-16(21)17-9-14(20)10-22-12(2)13-6-4-3-5-7-13/h3-8,12,14,20H,9-10H2,1-2H3,(H2,17,18,19,21)/t12-,14-/m1/s1. The number of benzene rings is 1. The Bertz CT molecular complexity index is 615. The Morgan fingerprint density at radius 3 is 2.78 bits per heavy atom. The number of aryl methyl sites for hydroxylation is 1. The molecule has 2 rings (SSSR count). The Morgan fingerprint density at radius 2 is 2.13 bits per heavy atom. The van der Waals surface area contributed by atoms with Gasteiger partial charge in [0.25, 0.3) is 0 Å². The van der Waals surface area contributed by atoms with Gasteiger partial charge in [-0.2, -0.15) is 0 Å². The Morgan fingerprint density at radius 1 is 1.39 bits per heavy atom. The molecule has 124 valence electrons. The van der Waals surface area contributed by atoms with Crippen molar-refractivity contribution in [3.8, 4) is 0 Å². The molecule has 7 nitrogen and oxygen atoms in total. The van der Waals surface area contributed by atoms with Crippen molar-refractivity contribution in [2.75, 3.05) is 18.5 Å². The number of rotatable bonds is 7. The second kappa shape index (κ2) is 8.30. The highest BCUT2D eigenvalue weighted by Crippen LogP contribution is 2.15. The van der Waals surface area contributed by atoms with E-state index in [0.717, 1.165) is 5.56 Å². The van der Waals surface area contributed by atoms with Crippen LogP contribution in [0.3, 0.4) is 0 Å². The predicted molar refractivity (Wildman–Crippen MR) is 85.1 cm³/mol. The first-order valence-electron chi connectivity index (χ1n) is 7.37. The molecule has 0 aliphatic rings. The highest BCUT2D eigenvalue weighted by molar-refractivity contribution is 5.88. The number of nitrogens with one attached hydrogen (secondary N) is 2. The predicted octanol–water partition coefficient (Wildman–Crippen LogP) is 2.24. The lowest BCUT2D eigenvalue weighted by Crippen LogP contribution is -2.37. The molecule has 0 saturated heterocycles. The summed E-state index contributed by atoms with van der Waals surface area (Å²) in [5, 5.41) is 18.5. The minimum Gasteiger partial charge on any atom is -0.389 e. The van der Waals surface area contributed by atoms with Crippen molar-refractivity contribution in [1.29, 1.82) is 0 Å². The van der Waals surface area contributed by atoms with Crippen molar-refractivity contribution in [3.05, 3.63) is 47.7 Å². The van der Waals surface area contributed by atoms with Gasteiger partial charge in [-0.25, -0.2) is 4.79 Å². The highest BCUT2D eigenvalue weighted by atomic mass is 16.5. The van der Waals surface area contributed by atoms with Gasteiger partial charge < -0.3 is 19.7 Å². The first-order chi connectivity index (χ1) is 11.0. The monoisotopic (exact) mass is 319 g/mol. The van der Waals surface area contributed by atoms with E-state index in [1.165, 1.54) is 0 Å². The van der Waals surface area contributed by atoms with Gasteiger partial charge in [-0.3, -0.25) is 5.32 Å². The zero-order valence-electron chi connectivity index (χ0n) is 13.2. The van der Waals surface area contributed by atoms with Gasteiger partial charge in [-0.1, -0.05) is 35.5 Å².